The summed E-state index contributed by atoms with van der Waals surface area (Å²) in [5.74, 6) is 0.357. The van der Waals surface area contributed by atoms with Crippen LogP contribution >= 0.6 is 0 Å². The van der Waals surface area contributed by atoms with E-state index in [4.69, 9.17) is 10.3 Å². The lowest BCUT2D eigenvalue weighted by atomic mass is 9.93. The standard InChI is InChI=1S/C18H18N2O/c1-11-9-12(2)15(13(3)10-11)17-16(18(19)21-20-17)14-7-5-4-6-8-14/h4-10H,19H2,1-3H3. The van der Waals surface area contributed by atoms with E-state index in [9.17, 15) is 0 Å². The Balaban J connectivity index is 2.27. The number of rotatable bonds is 2. The Morgan fingerprint density at radius 1 is 0.905 bits per heavy atom. The summed E-state index contributed by atoms with van der Waals surface area (Å²) in [6, 6.07) is 14.3. The van der Waals surface area contributed by atoms with Crippen molar-refractivity contribution in [2.45, 2.75) is 20.8 Å². The fourth-order valence-electron chi connectivity index (χ4n) is 2.91. The average Bonchev–Trinajstić information content (AvgIpc) is 2.80. The van der Waals surface area contributed by atoms with Crippen molar-refractivity contribution in [2.24, 2.45) is 0 Å². The zero-order chi connectivity index (χ0) is 15.0. The minimum Gasteiger partial charge on any atom is -0.367 e. The number of aryl methyl sites for hydroxylation is 3. The molecule has 1 aromatic heterocycles. The molecule has 2 aromatic carbocycles. The quantitative estimate of drug-likeness (QED) is 0.750. The van der Waals surface area contributed by atoms with Crippen molar-refractivity contribution in [3.63, 3.8) is 0 Å². The Morgan fingerprint density at radius 3 is 2.14 bits per heavy atom. The van der Waals surface area contributed by atoms with Crippen LogP contribution < -0.4 is 5.73 Å². The van der Waals surface area contributed by atoms with Gasteiger partial charge in [0.25, 0.3) is 0 Å². The highest BCUT2D eigenvalue weighted by molar-refractivity contribution is 5.88. The second-order valence-corrected chi connectivity index (χ2v) is 5.41. The van der Waals surface area contributed by atoms with E-state index in [1.165, 1.54) is 16.7 Å². The van der Waals surface area contributed by atoms with Crippen molar-refractivity contribution in [1.29, 1.82) is 0 Å². The van der Waals surface area contributed by atoms with Crippen LogP contribution in [0.5, 0.6) is 0 Å². The highest BCUT2D eigenvalue weighted by Crippen LogP contribution is 2.39. The molecule has 0 amide bonds. The van der Waals surface area contributed by atoms with Gasteiger partial charge in [0.1, 0.15) is 5.69 Å². The number of nitrogens with two attached hydrogens (primary N) is 1. The van der Waals surface area contributed by atoms with E-state index in [1.807, 2.05) is 30.3 Å². The summed E-state index contributed by atoms with van der Waals surface area (Å²) in [6.45, 7) is 6.28. The summed E-state index contributed by atoms with van der Waals surface area (Å²) >= 11 is 0. The third-order valence-electron chi connectivity index (χ3n) is 3.69. The minimum absolute atomic E-state index is 0.357. The van der Waals surface area contributed by atoms with Gasteiger partial charge >= 0.3 is 0 Å². The minimum atomic E-state index is 0.357. The maximum Gasteiger partial charge on any atom is 0.230 e. The first-order chi connectivity index (χ1) is 10.1. The van der Waals surface area contributed by atoms with E-state index in [-0.39, 0.29) is 0 Å². The average molecular weight is 278 g/mol. The van der Waals surface area contributed by atoms with Crippen LogP contribution in [0.1, 0.15) is 16.7 Å². The molecule has 0 saturated carbocycles. The van der Waals surface area contributed by atoms with Crippen LogP contribution in [0.3, 0.4) is 0 Å². The van der Waals surface area contributed by atoms with Gasteiger partial charge in [-0.2, -0.15) is 0 Å². The van der Waals surface area contributed by atoms with Crippen LogP contribution in [-0.4, -0.2) is 5.16 Å². The van der Waals surface area contributed by atoms with Gasteiger partial charge < -0.3 is 10.3 Å². The zero-order valence-corrected chi connectivity index (χ0v) is 12.5. The molecule has 0 aliphatic carbocycles. The molecule has 21 heavy (non-hydrogen) atoms. The number of nitrogens with zero attached hydrogens (tertiary/aromatic N) is 1. The number of nitrogen functional groups attached to an aromatic ring is 1. The maximum atomic E-state index is 6.01. The lowest BCUT2D eigenvalue weighted by Crippen LogP contribution is -1.93. The molecule has 0 unspecified atom stereocenters. The fraction of sp³-hybridized carbons (Fsp3) is 0.167. The van der Waals surface area contributed by atoms with Crippen molar-refractivity contribution in [1.82, 2.24) is 5.16 Å². The molecule has 0 aliphatic rings. The number of hydrogen-bond donors (Lipinski definition) is 1. The summed E-state index contributed by atoms with van der Waals surface area (Å²) in [5, 5.41) is 4.21. The summed E-state index contributed by atoms with van der Waals surface area (Å²) in [7, 11) is 0. The molecule has 0 spiro atoms. The molecule has 0 radical (unpaired) electrons. The van der Waals surface area contributed by atoms with Crippen molar-refractivity contribution in [2.75, 3.05) is 5.73 Å². The Labute approximate surface area is 124 Å². The molecular formula is C18H18N2O. The summed E-state index contributed by atoms with van der Waals surface area (Å²) in [5.41, 5.74) is 13.4. The van der Waals surface area contributed by atoms with Gasteiger partial charge in [0.2, 0.25) is 5.88 Å². The number of anilines is 1. The molecule has 2 N–H and O–H groups in total. The molecule has 0 aliphatic heterocycles. The van der Waals surface area contributed by atoms with E-state index in [2.05, 4.69) is 38.1 Å². The van der Waals surface area contributed by atoms with Crippen molar-refractivity contribution in [3.05, 3.63) is 59.2 Å². The second kappa shape index (κ2) is 5.09. The molecule has 0 fully saturated rings. The topological polar surface area (TPSA) is 52.0 Å². The summed E-state index contributed by atoms with van der Waals surface area (Å²) < 4.78 is 5.27. The third kappa shape index (κ3) is 2.31. The van der Waals surface area contributed by atoms with E-state index in [0.29, 0.717) is 5.88 Å². The number of hydrogen-bond acceptors (Lipinski definition) is 3. The Morgan fingerprint density at radius 2 is 1.52 bits per heavy atom. The SMILES string of the molecule is Cc1cc(C)c(-c2noc(N)c2-c2ccccc2)c(C)c1. The van der Waals surface area contributed by atoms with E-state index in [0.717, 1.165) is 22.4 Å². The first kappa shape index (κ1) is 13.4. The zero-order valence-electron chi connectivity index (χ0n) is 12.5. The normalized spacial score (nSPS) is 10.8. The van der Waals surface area contributed by atoms with Crippen LogP contribution in [-0.2, 0) is 0 Å². The molecule has 0 atom stereocenters. The summed E-state index contributed by atoms with van der Waals surface area (Å²) in [4.78, 5) is 0. The Kier molecular flexibility index (Phi) is 3.26. The van der Waals surface area contributed by atoms with Crippen LogP contribution in [0, 0.1) is 20.8 Å². The fourth-order valence-corrected chi connectivity index (χ4v) is 2.91. The molecule has 1 heterocycles. The van der Waals surface area contributed by atoms with Crippen molar-refractivity contribution in [3.8, 4) is 22.4 Å². The number of benzene rings is 2. The first-order valence-electron chi connectivity index (χ1n) is 6.96. The van der Waals surface area contributed by atoms with Gasteiger partial charge in [0, 0.05) is 5.56 Å². The van der Waals surface area contributed by atoms with E-state index in [1.54, 1.807) is 0 Å². The van der Waals surface area contributed by atoms with Gasteiger partial charge in [0.05, 0.1) is 5.56 Å². The van der Waals surface area contributed by atoms with Gasteiger partial charge in [-0.3, -0.25) is 0 Å². The van der Waals surface area contributed by atoms with Gasteiger partial charge in [-0.1, -0.05) is 53.2 Å². The van der Waals surface area contributed by atoms with E-state index < -0.39 is 0 Å². The monoisotopic (exact) mass is 278 g/mol. The highest BCUT2D eigenvalue weighted by atomic mass is 16.5. The van der Waals surface area contributed by atoms with Gasteiger partial charge in [-0.05, 0) is 37.5 Å². The van der Waals surface area contributed by atoms with E-state index >= 15 is 0 Å². The van der Waals surface area contributed by atoms with Crippen LogP contribution in [0.4, 0.5) is 5.88 Å². The Bertz CT molecular complexity index is 765. The largest absolute Gasteiger partial charge is 0.367 e. The van der Waals surface area contributed by atoms with Crippen LogP contribution in [0.15, 0.2) is 47.0 Å². The van der Waals surface area contributed by atoms with Crippen LogP contribution in [0.25, 0.3) is 22.4 Å². The molecule has 3 aromatic rings. The van der Waals surface area contributed by atoms with Gasteiger partial charge in [-0.25, -0.2) is 0 Å². The molecule has 3 heteroatoms. The number of aromatic nitrogens is 1. The second-order valence-electron chi connectivity index (χ2n) is 5.41. The lowest BCUT2D eigenvalue weighted by Gasteiger charge is -2.10. The van der Waals surface area contributed by atoms with Gasteiger partial charge in [-0.15, -0.1) is 0 Å². The van der Waals surface area contributed by atoms with Gasteiger partial charge in [0.15, 0.2) is 0 Å². The van der Waals surface area contributed by atoms with Crippen LogP contribution in [0.2, 0.25) is 0 Å². The highest BCUT2D eigenvalue weighted by Gasteiger charge is 2.20. The Hall–Kier alpha value is -2.55. The van der Waals surface area contributed by atoms with Crippen molar-refractivity contribution < 1.29 is 4.52 Å². The molecule has 0 saturated heterocycles. The molecule has 3 nitrogen and oxygen atoms in total. The predicted octanol–water partition coefficient (Wildman–Crippen LogP) is 4.52. The first-order valence-corrected chi connectivity index (χ1v) is 6.96. The molecule has 0 bridgehead atoms. The third-order valence-corrected chi connectivity index (χ3v) is 3.69. The molecular weight excluding hydrogens is 260 g/mol. The summed E-state index contributed by atoms with van der Waals surface area (Å²) in [6.07, 6.45) is 0. The predicted molar refractivity (Wildman–Crippen MR) is 86.0 cm³/mol. The van der Waals surface area contributed by atoms with Crippen molar-refractivity contribution >= 4 is 5.88 Å². The maximum absolute atomic E-state index is 6.01. The molecule has 3 rings (SSSR count). The lowest BCUT2D eigenvalue weighted by molar-refractivity contribution is 0.439. The smallest absolute Gasteiger partial charge is 0.230 e. The molecule has 106 valence electrons.